The van der Waals surface area contributed by atoms with Crippen molar-refractivity contribution in [2.24, 2.45) is 5.73 Å². The van der Waals surface area contributed by atoms with E-state index in [9.17, 15) is 9.90 Å². The standard InChI is InChI=1S/C13H20N2O2/c1-2-12(14)13(17)15-11(9-16)8-10-6-4-3-5-7-10/h3-7,11-12,16H,2,8-9,14H2,1H3,(H,15,17)/t11-,12-/m0/s1. The first-order valence-corrected chi connectivity index (χ1v) is 5.88. The summed E-state index contributed by atoms with van der Waals surface area (Å²) in [4.78, 5) is 11.6. The fourth-order valence-electron chi connectivity index (χ4n) is 1.55. The minimum absolute atomic E-state index is 0.0862. The van der Waals surface area contributed by atoms with E-state index in [1.165, 1.54) is 0 Å². The lowest BCUT2D eigenvalue weighted by Crippen LogP contribution is -2.47. The molecule has 0 aliphatic rings. The molecule has 1 aromatic rings. The van der Waals surface area contributed by atoms with Crippen molar-refractivity contribution >= 4 is 5.91 Å². The highest BCUT2D eigenvalue weighted by Gasteiger charge is 2.16. The predicted molar refractivity (Wildman–Crippen MR) is 67.4 cm³/mol. The second-order valence-corrected chi connectivity index (χ2v) is 4.09. The zero-order valence-corrected chi connectivity index (χ0v) is 10.1. The third-order valence-electron chi connectivity index (χ3n) is 2.67. The number of benzene rings is 1. The summed E-state index contributed by atoms with van der Waals surface area (Å²) >= 11 is 0. The van der Waals surface area contributed by atoms with E-state index in [2.05, 4.69) is 5.32 Å². The van der Waals surface area contributed by atoms with Gasteiger partial charge < -0.3 is 16.2 Å². The number of nitrogens with two attached hydrogens (primary N) is 1. The van der Waals surface area contributed by atoms with E-state index in [1.807, 2.05) is 37.3 Å². The van der Waals surface area contributed by atoms with Gasteiger partial charge in [-0.3, -0.25) is 4.79 Å². The summed E-state index contributed by atoms with van der Waals surface area (Å²) in [5.41, 5.74) is 6.70. The lowest BCUT2D eigenvalue weighted by Gasteiger charge is -2.18. The van der Waals surface area contributed by atoms with Crippen molar-refractivity contribution in [1.29, 1.82) is 0 Å². The number of carbonyl (C=O) groups excluding carboxylic acids is 1. The number of aliphatic hydroxyl groups is 1. The molecule has 1 aromatic carbocycles. The molecule has 0 saturated heterocycles. The molecule has 1 rings (SSSR count). The third kappa shape index (κ3) is 4.54. The molecule has 4 nitrogen and oxygen atoms in total. The Labute approximate surface area is 102 Å². The normalized spacial score (nSPS) is 14.1. The van der Waals surface area contributed by atoms with Crippen molar-refractivity contribution in [2.75, 3.05) is 6.61 Å². The molecule has 0 aliphatic carbocycles. The van der Waals surface area contributed by atoms with E-state index in [4.69, 9.17) is 5.73 Å². The fourth-order valence-corrected chi connectivity index (χ4v) is 1.55. The van der Waals surface area contributed by atoms with Crippen LogP contribution in [0.5, 0.6) is 0 Å². The maximum atomic E-state index is 11.6. The molecule has 0 saturated carbocycles. The number of hydrogen-bond donors (Lipinski definition) is 3. The van der Waals surface area contributed by atoms with Gasteiger partial charge in [-0.15, -0.1) is 0 Å². The maximum absolute atomic E-state index is 11.6. The van der Waals surface area contributed by atoms with Crippen LogP contribution in [0.15, 0.2) is 30.3 Å². The summed E-state index contributed by atoms with van der Waals surface area (Å²) in [6.07, 6.45) is 1.20. The lowest BCUT2D eigenvalue weighted by atomic mass is 10.1. The SMILES string of the molecule is CC[C@H](N)C(=O)N[C@H](CO)Cc1ccccc1. The molecule has 0 aromatic heterocycles. The molecule has 0 spiro atoms. The number of amides is 1. The third-order valence-corrected chi connectivity index (χ3v) is 2.67. The van der Waals surface area contributed by atoms with Crippen LogP contribution in [0.4, 0.5) is 0 Å². The quantitative estimate of drug-likeness (QED) is 0.671. The molecule has 94 valence electrons. The van der Waals surface area contributed by atoms with E-state index in [0.717, 1.165) is 5.56 Å². The average molecular weight is 236 g/mol. The van der Waals surface area contributed by atoms with Gasteiger partial charge in [-0.1, -0.05) is 37.3 Å². The van der Waals surface area contributed by atoms with E-state index in [-0.39, 0.29) is 18.6 Å². The van der Waals surface area contributed by atoms with Crippen LogP contribution < -0.4 is 11.1 Å². The van der Waals surface area contributed by atoms with Gasteiger partial charge in [-0.2, -0.15) is 0 Å². The Morgan fingerprint density at radius 3 is 2.59 bits per heavy atom. The molecule has 1 amide bonds. The smallest absolute Gasteiger partial charge is 0.237 e. The molecule has 4 N–H and O–H groups in total. The molecule has 0 unspecified atom stereocenters. The van der Waals surface area contributed by atoms with Gasteiger partial charge in [-0.05, 0) is 18.4 Å². The van der Waals surface area contributed by atoms with Crippen LogP contribution >= 0.6 is 0 Å². The van der Waals surface area contributed by atoms with Crippen LogP contribution in [0.25, 0.3) is 0 Å². The number of aliphatic hydroxyl groups excluding tert-OH is 1. The minimum atomic E-state index is -0.500. The molecule has 2 atom stereocenters. The van der Waals surface area contributed by atoms with Crippen LogP contribution in [0.1, 0.15) is 18.9 Å². The first-order valence-electron chi connectivity index (χ1n) is 5.88. The second-order valence-electron chi connectivity index (χ2n) is 4.09. The molecule has 0 radical (unpaired) electrons. The van der Waals surface area contributed by atoms with Gasteiger partial charge >= 0.3 is 0 Å². The van der Waals surface area contributed by atoms with Crippen LogP contribution in [0, 0.1) is 0 Å². The Hall–Kier alpha value is -1.39. The largest absolute Gasteiger partial charge is 0.394 e. The molecular formula is C13H20N2O2. The van der Waals surface area contributed by atoms with Crippen molar-refractivity contribution in [3.05, 3.63) is 35.9 Å². The van der Waals surface area contributed by atoms with Gasteiger partial charge in [-0.25, -0.2) is 0 Å². The van der Waals surface area contributed by atoms with Crippen LogP contribution in [0.3, 0.4) is 0 Å². The Morgan fingerprint density at radius 2 is 2.06 bits per heavy atom. The Balaban J connectivity index is 2.52. The van der Waals surface area contributed by atoms with Crippen molar-refractivity contribution in [3.8, 4) is 0 Å². The van der Waals surface area contributed by atoms with E-state index < -0.39 is 6.04 Å². The molecule has 17 heavy (non-hydrogen) atoms. The zero-order valence-electron chi connectivity index (χ0n) is 10.1. The molecular weight excluding hydrogens is 216 g/mol. The highest BCUT2D eigenvalue weighted by Crippen LogP contribution is 2.03. The molecule has 0 fully saturated rings. The highest BCUT2D eigenvalue weighted by atomic mass is 16.3. The monoisotopic (exact) mass is 236 g/mol. The van der Waals surface area contributed by atoms with Crippen LogP contribution in [0.2, 0.25) is 0 Å². The lowest BCUT2D eigenvalue weighted by molar-refractivity contribution is -0.123. The van der Waals surface area contributed by atoms with Crippen LogP contribution in [-0.4, -0.2) is 29.7 Å². The minimum Gasteiger partial charge on any atom is -0.394 e. The summed E-state index contributed by atoms with van der Waals surface area (Å²) in [5.74, 6) is -0.206. The number of rotatable bonds is 6. The first-order chi connectivity index (χ1) is 8.17. The summed E-state index contributed by atoms with van der Waals surface area (Å²) in [5, 5.41) is 12.0. The van der Waals surface area contributed by atoms with E-state index >= 15 is 0 Å². The summed E-state index contributed by atoms with van der Waals surface area (Å²) in [7, 11) is 0. The predicted octanol–water partition coefficient (Wildman–Crippen LogP) is 0.444. The van der Waals surface area contributed by atoms with Gasteiger partial charge in [0.2, 0.25) is 5.91 Å². The zero-order chi connectivity index (χ0) is 12.7. The Bertz CT molecular complexity index is 341. The molecule has 0 bridgehead atoms. The molecule has 0 heterocycles. The van der Waals surface area contributed by atoms with Crippen molar-refractivity contribution in [1.82, 2.24) is 5.32 Å². The van der Waals surface area contributed by atoms with Gasteiger partial charge in [0.15, 0.2) is 0 Å². The Kier molecular flexibility index (Phi) is 5.66. The first kappa shape index (κ1) is 13.7. The van der Waals surface area contributed by atoms with Crippen molar-refractivity contribution in [2.45, 2.75) is 31.8 Å². The number of nitrogens with one attached hydrogen (secondary N) is 1. The second kappa shape index (κ2) is 7.04. The molecule has 4 heteroatoms. The summed E-state index contributed by atoms with van der Waals surface area (Å²) in [6.45, 7) is 1.77. The van der Waals surface area contributed by atoms with Crippen molar-refractivity contribution < 1.29 is 9.90 Å². The number of hydrogen-bond acceptors (Lipinski definition) is 3. The van der Waals surface area contributed by atoms with Gasteiger partial charge in [0, 0.05) is 0 Å². The summed E-state index contributed by atoms with van der Waals surface area (Å²) in [6, 6.07) is 8.96. The Morgan fingerprint density at radius 1 is 1.41 bits per heavy atom. The summed E-state index contributed by atoms with van der Waals surface area (Å²) < 4.78 is 0. The van der Waals surface area contributed by atoms with Gasteiger partial charge in [0.25, 0.3) is 0 Å². The molecule has 0 aliphatic heterocycles. The van der Waals surface area contributed by atoms with Gasteiger partial charge in [0.05, 0.1) is 18.7 Å². The van der Waals surface area contributed by atoms with Gasteiger partial charge in [0.1, 0.15) is 0 Å². The van der Waals surface area contributed by atoms with Crippen molar-refractivity contribution in [3.63, 3.8) is 0 Å². The topological polar surface area (TPSA) is 75.4 Å². The average Bonchev–Trinajstić information content (AvgIpc) is 2.38. The van der Waals surface area contributed by atoms with E-state index in [0.29, 0.717) is 12.8 Å². The maximum Gasteiger partial charge on any atom is 0.237 e. The number of carbonyl (C=O) groups is 1. The van der Waals surface area contributed by atoms with E-state index in [1.54, 1.807) is 0 Å². The van der Waals surface area contributed by atoms with Crippen LogP contribution in [-0.2, 0) is 11.2 Å². The fraction of sp³-hybridized carbons (Fsp3) is 0.462. The highest BCUT2D eigenvalue weighted by molar-refractivity contribution is 5.81.